The number of thiophene rings is 1. The molecule has 0 spiro atoms. The summed E-state index contributed by atoms with van der Waals surface area (Å²) in [5.41, 5.74) is 1.33. The number of aliphatic hydroxyl groups is 1. The number of aliphatic hydroxyl groups excluding tert-OH is 1. The van der Waals surface area contributed by atoms with Gasteiger partial charge in [-0.1, -0.05) is 30.3 Å². The molecule has 1 aromatic heterocycles. The van der Waals surface area contributed by atoms with E-state index in [2.05, 4.69) is 0 Å². The van der Waals surface area contributed by atoms with Crippen molar-refractivity contribution in [3.63, 3.8) is 0 Å². The van der Waals surface area contributed by atoms with E-state index in [1.54, 1.807) is 6.92 Å². The molecule has 0 aliphatic rings. The van der Waals surface area contributed by atoms with Gasteiger partial charge in [0.15, 0.2) is 0 Å². The summed E-state index contributed by atoms with van der Waals surface area (Å²) in [7, 11) is 0. The fraction of sp³-hybridized carbons (Fsp3) is 0.167. The zero-order valence-electron chi connectivity index (χ0n) is 8.27. The van der Waals surface area contributed by atoms with Crippen molar-refractivity contribution in [1.29, 1.82) is 0 Å². The van der Waals surface area contributed by atoms with Crippen LogP contribution < -0.4 is 0 Å². The lowest BCUT2D eigenvalue weighted by atomic mass is 10.1. The molecule has 0 aliphatic carbocycles. The van der Waals surface area contributed by atoms with Gasteiger partial charge in [-0.25, -0.2) is 4.39 Å². The predicted octanol–water partition coefficient (Wildman–Crippen LogP) is 3.28. The standard InChI is InChI=1S/C12H11FOS/c1-8-10(13)7-15-12(8)11(14)9-5-3-2-4-6-9/h2-7,11,14H,1H3. The van der Waals surface area contributed by atoms with Crippen LogP contribution in [0.3, 0.4) is 0 Å². The molecular weight excluding hydrogens is 211 g/mol. The van der Waals surface area contributed by atoms with E-state index >= 15 is 0 Å². The van der Waals surface area contributed by atoms with Crippen LogP contribution in [-0.2, 0) is 0 Å². The van der Waals surface area contributed by atoms with Gasteiger partial charge >= 0.3 is 0 Å². The summed E-state index contributed by atoms with van der Waals surface area (Å²) in [5, 5.41) is 11.5. The first-order valence-electron chi connectivity index (χ1n) is 4.66. The normalized spacial score (nSPS) is 12.7. The summed E-state index contributed by atoms with van der Waals surface area (Å²) >= 11 is 1.25. The Hall–Kier alpha value is -1.19. The quantitative estimate of drug-likeness (QED) is 0.826. The second-order valence-electron chi connectivity index (χ2n) is 3.39. The van der Waals surface area contributed by atoms with Crippen LogP contribution in [0.1, 0.15) is 22.1 Å². The fourth-order valence-electron chi connectivity index (χ4n) is 1.47. The topological polar surface area (TPSA) is 20.2 Å². The van der Waals surface area contributed by atoms with Crippen molar-refractivity contribution in [1.82, 2.24) is 0 Å². The monoisotopic (exact) mass is 222 g/mol. The van der Waals surface area contributed by atoms with E-state index in [-0.39, 0.29) is 5.82 Å². The Morgan fingerprint density at radius 1 is 1.27 bits per heavy atom. The molecule has 1 atom stereocenters. The molecule has 2 rings (SSSR count). The van der Waals surface area contributed by atoms with Gasteiger partial charge in [0.1, 0.15) is 11.9 Å². The van der Waals surface area contributed by atoms with Crippen LogP contribution >= 0.6 is 11.3 Å². The minimum absolute atomic E-state index is 0.245. The van der Waals surface area contributed by atoms with Gasteiger partial charge in [-0.05, 0) is 12.5 Å². The van der Waals surface area contributed by atoms with Crippen molar-refractivity contribution < 1.29 is 9.50 Å². The van der Waals surface area contributed by atoms with Crippen molar-refractivity contribution in [2.75, 3.05) is 0 Å². The molecule has 0 aliphatic heterocycles. The Balaban J connectivity index is 2.37. The number of hydrogen-bond acceptors (Lipinski definition) is 2. The van der Waals surface area contributed by atoms with Gasteiger partial charge in [0.05, 0.1) is 0 Å². The Morgan fingerprint density at radius 2 is 1.93 bits per heavy atom. The summed E-state index contributed by atoms with van der Waals surface area (Å²) in [6.07, 6.45) is -0.722. The Morgan fingerprint density at radius 3 is 2.47 bits per heavy atom. The van der Waals surface area contributed by atoms with Crippen molar-refractivity contribution in [3.8, 4) is 0 Å². The van der Waals surface area contributed by atoms with E-state index in [1.807, 2.05) is 30.3 Å². The first-order chi connectivity index (χ1) is 7.20. The van der Waals surface area contributed by atoms with E-state index < -0.39 is 6.10 Å². The van der Waals surface area contributed by atoms with Crippen LogP contribution in [0, 0.1) is 12.7 Å². The molecule has 78 valence electrons. The maximum atomic E-state index is 13.1. The van der Waals surface area contributed by atoms with Gasteiger partial charge in [0.25, 0.3) is 0 Å². The molecule has 1 aromatic carbocycles. The highest BCUT2D eigenvalue weighted by molar-refractivity contribution is 7.10. The van der Waals surface area contributed by atoms with Gasteiger partial charge in [-0.15, -0.1) is 11.3 Å². The minimum Gasteiger partial charge on any atom is -0.383 e. The molecule has 3 heteroatoms. The molecule has 0 saturated carbocycles. The van der Waals surface area contributed by atoms with Gasteiger partial charge < -0.3 is 5.11 Å². The van der Waals surface area contributed by atoms with E-state index in [9.17, 15) is 9.50 Å². The Kier molecular flexibility index (Phi) is 2.84. The summed E-state index contributed by atoms with van der Waals surface area (Å²) in [6.45, 7) is 1.69. The molecule has 1 heterocycles. The lowest BCUT2D eigenvalue weighted by Crippen LogP contribution is -1.98. The second kappa shape index (κ2) is 4.13. The molecule has 1 nitrogen and oxygen atoms in total. The van der Waals surface area contributed by atoms with Crippen LogP contribution in [0.5, 0.6) is 0 Å². The van der Waals surface area contributed by atoms with Crippen molar-refractivity contribution >= 4 is 11.3 Å². The van der Waals surface area contributed by atoms with Gasteiger partial charge in [0, 0.05) is 15.8 Å². The summed E-state index contributed by atoms with van der Waals surface area (Å²) < 4.78 is 13.1. The molecular formula is C12H11FOS. The minimum atomic E-state index is -0.722. The molecule has 0 amide bonds. The third kappa shape index (κ3) is 1.94. The SMILES string of the molecule is Cc1c(F)csc1C(O)c1ccccc1. The van der Waals surface area contributed by atoms with E-state index in [4.69, 9.17) is 0 Å². The van der Waals surface area contributed by atoms with Crippen LogP contribution in [0.4, 0.5) is 4.39 Å². The third-order valence-electron chi connectivity index (χ3n) is 2.38. The van der Waals surface area contributed by atoms with Gasteiger partial charge in [-0.3, -0.25) is 0 Å². The molecule has 0 bridgehead atoms. The highest BCUT2D eigenvalue weighted by Crippen LogP contribution is 2.30. The number of halogens is 1. The fourth-order valence-corrected chi connectivity index (χ4v) is 2.41. The molecule has 2 aromatic rings. The van der Waals surface area contributed by atoms with Crippen LogP contribution in [-0.4, -0.2) is 5.11 Å². The second-order valence-corrected chi connectivity index (χ2v) is 4.30. The first-order valence-corrected chi connectivity index (χ1v) is 5.54. The molecule has 1 N–H and O–H groups in total. The highest BCUT2D eigenvalue weighted by atomic mass is 32.1. The lowest BCUT2D eigenvalue weighted by molar-refractivity contribution is 0.223. The zero-order valence-corrected chi connectivity index (χ0v) is 9.09. The average Bonchev–Trinajstić information content (AvgIpc) is 2.60. The zero-order chi connectivity index (χ0) is 10.8. The van der Waals surface area contributed by atoms with E-state index in [0.717, 1.165) is 5.56 Å². The Labute approximate surface area is 91.8 Å². The molecule has 0 saturated heterocycles. The van der Waals surface area contributed by atoms with Crippen LogP contribution in [0.2, 0.25) is 0 Å². The lowest BCUT2D eigenvalue weighted by Gasteiger charge is -2.09. The average molecular weight is 222 g/mol. The summed E-state index contributed by atoms with van der Waals surface area (Å²) in [4.78, 5) is 0.679. The van der Waals surface area contributed by atoms with Gasteiger partial charge in [0.2, 0.25) is 0 Å². The first kappa shape index (κ1) is 10.3. The number of benzene rings is 1. The summed E-state index contributed by atoms with van der Waals surface area (Å²) in [6, 6.07) is 9.28. The molecule has 1 unspecified atom stereocenters. The van der Waals surface area contributed by atoms with Gasteiger partial charge in [-0.2, -0.15) is 0 Å². The smallest absolute Gasteiger partial charge is 0.137 e. The molecule has 0 radical (unpaired) electrons. The maximum Gasteiger partial charge on any atom is 0.137 e. The highest BCUT2D eigenvalue weighted by Gasteiger charge is 2.16. The summed E-state index contributed by atoms with van der Waals surface area (Å²) in [5.74, 6) is -0.245. The number of hydrogen-bond donors (Lipinski definition) is 1. The third-order valence-corrected chi connectivity index (χ3v) is 3.49. The van der Waals surface area contributed by atoms with E-state index in [1.165, 1.54) is 16.7 Å². The largest absolute Gasteiger partial charge is 0.383 e. The van der Waals surface area contributed by atoms with Crippen LogP contribution in [0.15, 0.2) is 35.7 Å². The predicted molar refractivity (Wildman–Crippen MR) is 59.5 cm³/mol. The van der Waals surface area contributed by atoms with Crippen molar-refractivity contribution in [2.45, 2.75) is 13.0 Å². The maximum absolute atomic E-state index is 13.1. The molecule has 15 heavy (non-hydrogen) atoms. The van der Waals surface area contributed by atoms with E-state index in [0.29, 0.717) is 10.4 Å². The van der Waals surface area contributed by atoms with Crippen LogP contribution in [0.25, 0.3) is 0 Å². The van der Waals surface area contributed by atoms with Crippen molar-refractivity contribution in [3.05, 3.63) is 57.5 Å². The van der Waals surface area contributed by atoms with Crippen molar-refractivity contribution in [2.24, 2.45) is 0 Å². The number of rotatable bonds is 2. The Bertz CT molecular complexity index is 450. The molecule has 0 fully saturated rings.